The van der Waals surface area contributed by atoms with Crippen LogP contribution in [-0.4, -0.2) is 20.9 Å². The molecule has 0 N–H and O–H groups in total. The van der Waals surface area contributed by atoms with Gasteiger partial charge in [-0.1, -0.05) is 54.1 Å². The summed E-state index contributed by atoms with van der Waals surface area (Å²) in [7, 11) is -4.26. The lowest BCUT2D eigenvalue weighted by Crippen LogP contribution is -2.36. The fourth-order valence-electron chi connectivity index (χ4n) is 4.72. The van der Waals surface area contributed by atoms with Crippen molar-refractivity contribution < 1.29 is 17.6 Å². The van der Waals surface area contributed by atoms with Crippen LogP contribution in [0.5, 0.6) is 0 Å². The highest BCUT2D eigenvalue weighted by Crippen LogP contribution is 2.38. The normalized spacial score (nSPS) is 13.2. The second-order valence-corrected chi connectivity index (χ2v) is 12.4. The van der Waals surface area contributed by atoms with Crippen molar-refractivity contribution in [1.82, 2.24) is 0 Å². The predicted molar refractivity (Wildman–Crippen MR) is 157 cm³/mol. The molecule has 1 amide bonds. The number of halogens is 3. The zero-order chi connectivity index (χ0) is 27.7. The topological polar surface area (TPSA) is 57.7 Å². The molecule has 0 atom stereocenters. The first-order valence-electron chi connectivity index (χ1n) is 12.4. The standard InChI is InChI=1S/C30H25BrClFN2O3S/c1-20-9-10-22-8-5-17-34(29(22)28(20)31)30(36)23-11-16-26(32)27(18-23)39(37,38)35(19-21-6-3-2-4-7-21)25-14-12-24(33)13-15-25/h2-4,6-7,9-16,18H,5,8,17,19H2,1H3. The van der Waals surface area contributed by atoms with E-state index in [4.69, 9.17) is 11.6 Å². The minimum absolute atomic E-state index is 0.00493. The summed E-state index contributed by atoms with van der Waals surface area (Å²) in [6, 6.07) is 22.7. The van der Waals surface area contributed by atoms with Crippen LogP contribution in [0.2, 0.25) is 5.02 Å². The first-order chi connectivity index (χ1) is 18.7. The number of hydrogen-bond acceptors (Lipinski definition) is 3. The van der Waals surface area contributed by atoms with Crippen molar-refractivity contribution >= 4 is 54.8 Å². The summed E-state index contributed by atoms with van der Waals surface area (Å²) in [4.78, 5) is 15.3. The molecule has 39 heavy (non-hydrogen) atoms. The van der Waals surface area contributed by atoms with Crippen LogP contribution in [0.3, 0.4) is 0 Å². The minimum atomic E-state index is -4.26. The number of benzene rings is 4. The Morgan fingerprint density at radius 2 is 1.74 bits per heavy atom. The first-order valence-corrected chi connectivity index (χ1v) is 15.0. The zero-order valence-corrected chi connectivity index (χ0v) is 24.2. The van der Waals surface area contributed by atoms with Gasteiger partial charge in [-0.05, 0) is 94.9 Å². The summed E-state index contributed by atoms with van der Waals surface area (Å²) in [5.74, 6) is -0.795. The van der Waals surface area contributed by atoms with Gasteiger partial charge in [0.1, 0.15) is 10.7 Å². The number of nitrogens with zero attached hydrogens (tertiary/aromatic N) is 2. The Labute approximate surface area is 241 Å². The summed E-state index contributed by atoms with van der Waals surface area (Å²) in [6.45, 7) is 2.47. The van der Waals surface area contributed by atoms with E-state index in [9.17, 15) is 17.6 Å². The van der Waals surface area contributed by atoms with Gasteiger partial charge in [0, 0.05) is 16.6 Å². The number of fused-ring (bicyclic) bond motifs is 1. The van der Waals surface area contributed by atoms with E-state index < -0.39 is 15.8 Å². The Morgan fingerprint density at radius 1 is 1.03 bits per heavy atom. The zero-order valence-electron chi connectivity index (χ0n) is 21.1. The molecule has 0 saturated carbocycles. The summed E-state index contributed by atoms with van der Waals surface area (Å²) in [6.07, 6.45) is 1.65. The fourth-order valence-corrected chi connectivity index (χ4v) is 7.28. The lowest BCUT2D eigenvalue weighted by molar-refractivity contribution is 0.0984. The molecule has 0 spiro atoms. The van der Waals surface area contributed by atoms with Gasteiger partial charge in [0.15, 0.2) is 0 Å². The summed E-state index contributed by atoms with van der Waals surface area (Å²) in [5, 5.41) is -0.0113. The number of sulfonamides is 1. The number of rotatable bonds is 6. The fraction of sp³-hybridized carbons (Fsp3) is 0.167. The average Bonchev–Trinajstić information content (AvgIpc) is 2.94. The van der Waals surface area contributed by atoms with Gasteiger partial charge in [0.25, 0.3) is 15.9 Å². The van der Waals surface area contributed by atoms with E-state index in [0.717, 1.165) is 39.7 Å². The van der Waals surface area contributed by atoms with Crippen LogP contribution in [0.4, 0.5) is 15.8 Å². The van der Waals surface area contributed by atoms with E-state index >= 15 is 0 Å². The van der Waals surface area contributed by atoms with E-state index in [0.29, 0.717) is 6.54 Å². The van der Waals surface area contributed by atoms with Gasteiger partial charge < -0.3 is 4.90 Å². The number of carbonyl (C=O) groups is 1. The quantitative estimate of drug-likeness (QED) is 0.222. The number of anilines is 2. The van der Waals surface area contributed by atoms with E-state index in [2.05, 4.69) is 15.9 Å². The molecule has 200 valence electrons. The third-order valence-corrected chi connectivity index (χ3v) is 10.0. The van der Waals surface area contributed by atoms with Crippen LogP contribution in [0.15, 0.2) is 94.3 Å². The Morgan fingerprint density at radius 3 is 2.46 bits per heavy atom. The molecular weight excluding hydrogens is 603 g/mol. The third-order valence-electron chi connectivity index (χ3n) is 6.77. The molecule has 4 aromatic carbocycles. The van der Waals surface area contributed by atoms with Crippen LogP contribution in [-0.2, 0) is 23.0 Å². The Bertz CT molecular complexity index is 1650. The smallest absolute Gasteiger partial charge is 0.266 e. The molecule has 0 fully saturated rings. The van der Waals surface area contributed by atoms with Crippen molar-refractivity contribution in [2.45, 2.75) is 31.2 Å². The maximum absolute atomic E-state index is 14.1. The lowest BCUT2D eigenvalue weighted by atomic mass is 9.99. The van der Waals surface area contributed by atoms with Crippen molar-refractivity contribution in [3.8, 4) is 0 Å². The summed E-state index contributed by atoms with van der Waals surface area (Å²) in [5.41, 5.74) is 4.08. The molecule has 0 aromatic heterocycles. The van der Waals surface area contributed by atoms with Crippen LogP contribution in [0.1, 0.15) is 33.5 Å². The van der Waals surface area contributed by atoms with Crippen LogP contribution in [0, 0.1) is 12.7 Å². The largest absolute Gasteiger partial charge is 0.307 e. The number of aryl methyl sites for hydroxylation is 2. The molecule has 0 saturated heterocycles. The van der Waals surface area contributed by atoms with E-state index in [1.54, 1.807) is 23.1 Å². The van der Waals surface area contributed by atoms with Crippen LogP contribution >= 0.6 is 27.5 Å². The predicted octanol–water partition coefficient (Wildman–Crippen LogP) is 7.54. The number of carbonyl (C=O) groups excluding carboxylic acids is 1. The molecule has 1 heterocycles. The molecule has 5 rings (SSSR count). The van der Waals surface area contributed by atoms with Crippen molar-refractivity contribution in [2.75, 3.05) is 15.7 Å². The highest BCUT2D eigenvalue weighted by Gasteiger charge is 2.31. The molecular formula is C30H25BrClFN2O3S. The minimum Gasteiger partial charge on any atom is -0.307 e. The first kappa shape index (κ1) is 27.4. The van der Waals surface area contributed by atoms with Crippen molar-refractivity contribution in [2.24, 2.45) is 0 Å². The molecule has 1 aliphatic heterocycles. The van der Waals surface area contributed by atoms with Gasteiger partial charge in [0.05, 0.1) is 22.9 Å². The molecule has 0 bridgehead atoms. The molecule has 4 aromatic rings. The van der Waals surface area contributed by atoms with Gasteiger partial charge in [-0.2, -0.15) is 0 Å². The van der Waals surface area contributed by atoms with Gasteiger partial charge in [0.2, 0.25) is 0 Å². The average molecular weight is 628 g/mol. The second kappa shape index (κ2) is 11.1. The molecule has 0 unspecified atom stereocenters. The van der Waals surface area contributed by atoms with Crippen molar-refractivity contribution in [1.29, 1.82) is 0 Å². The van der Waals surface area contributed by atoms with Gasteiger partial charge in [-0.3, -0.25) is 9.10 Å². The molecule has 0 radical (unpaired) electrons. The van der Waals surface area contributed by atoms with Crippen molar-refractivity contribution in [3.63, 3.8) is 0 Å². The van der Waals surface area contributed by atoms with Gasteiger partial charge >= 0.3 is 0 Å². The van der Waals surface area contributed by atoms with Crippen LogP contribution in [0.25, 0.3) is 0 Å². The Kier molecular flexibility index (Phi) is 7.80. The van der Waals surface area contributed by atoms with Crippen molar-refractivity contribution in [3.05, 3.63) is 122 Å². The Balaban J connectivity index is 1.57. The monoisotopic (exact) mass is 626 g/mol. The Hall–Kier alpha value is -3.20. The maximum atomic E-state index is 14.1. The van der Waals surface area contributed by atoms with Crippen LogP contribution < -0.4 is 9.21 Å². The summed E-state index contributed by atoms with van der Waals surface area (Å²) < 4.78 is 43.9. The number of hydrogen-bond donors (Lipinski definition) is 0. The highest BCUT2D eigenvalue weighted by atomic mass is 79.9. The molecule has 0 aliphatic carbocycles. The van der Waals surface area contributed by atoms with Gasteiger partial charge in [-0.25, -0.2) is 12.8 Å². The SMILES string of the molecule is Cc1ccc2c(c1Br)N(C(=O)c1ccc(Cl)c(S(=O)(=O)N(Cc3ccccc3)c3ccc(F)cc3)c1)CCC2. The highest BCUT2D eigenvalue weighted by molar-refractivity contribution is 9.10. The molecule has 1 aliphatic rings. The molecule has 9 heteroatoms. The van der Waals surface area contributed by atoms with E-state index in [1.807, 2.05) is 37.3 Å². The van der Waals surface area contributed by atoms with Gasteiger partial charge in [-0.15, -0.1) is 0 Å². The molecule has 5 nitrogen and oxygen atoms in total. The number of amides is 1. The third kappa shape index (κ3) is 5.46. The van der Waals surface area contributed by atoms with E-state index in [1.165, 1.54) is 40.7 Å². The second-order valence-electron chi connectivity index (χ2n) is 9.38. The lowest BCUT2D eigenvalue weighted by Gasteiger charge is -2.31. The van der Waals surface area contributed by atoms with E-state index in [-0.39, 0.29) is 33.6 Å². The summed E-state index contributed by atoms with van der Waals surface area (Å²) >= 11 is 10.1. The maximum Gasteiger partial charge on any atom is 0.266 e.